The van der Waals surface area contributed by atoms with Gasteiger partial charge in [-0.2, -0.15) is 4.31 Å². The van der Waals surface area contributed by atoms with E-state index in [0.717, 1.165) is 13.0 Å². The molecule has 20 heavy (non-hydrogen) atoms. The maximum Gasteiger partial charge on any atom is 0.243 e. The molecule has 5 nitrogen and oxygen atoms in total. The topological polar surface area (TPSA) is 58.6 Å². The Balaban J connectivity index is 0.00000200. The van der Waals surface area contributed by atoms with Gasteiger partial charge in [-0.3, -0.25) is 0 Å². The molecule has 0 spiro atoms. The number of hydrogen-bond acceptors (Lipinski definition) is 4. The molecular formula is C12H18BrClN2O3S. The first-order valence-corrected chi connectivity index (χ1v) is 8.22. The Kier molecular flexibility index (Phi) is 6.27. The molecule has 1 aliphatic rings. The number of likely N-dealkylation sites (N-methyl/N-ethyl adjacent to an activating group) is 1. The van der Waals surface area contributed by atoms with E-state index in [1.807, 2.05) is 0 Å². The van der Waals surface area contributed by atoms with E-state index in [2.05, 4.69) is 21.2 Å². The van der Waals surface area contributed by atoms with Crippen molar-refractivity contribution >= 4 is 38.4 Å². The number of sulfonamides is 1. The first-order valence-electron chi connectivity index (χ1n) is 5.99. The summed E-state index contributed by atoms with van der Waals surface area (Å²) >= 11 is 3.31. The van der Waals surface area contributed by atoms with Gasteiger partial charge in [0, 0.05) is 19.6 Å². The number of hydrogen-bond donors (Lipinski definition) is 1. The molecule has 1 heterocycles. The SMILES string of the molecule is COc1ccc(S(=O)(=O)N(C)C2CCNC2)cc1Br.Cl. The summed E-state index contributed by atoms with van der Waals surface area (Å²) in [4.78, 5) is 0.273. The predicted octanol–water partition coefficient (Wildman–Crippen LogP) is 1.86. The summed E-state index contributed by atoms with van der Waals surface area (Å²) in [7, 11) is -0.286. The van der Waals surface area contributed by atoms with Crippen LogP contribution in [0.15, 0.2) is 27.6 Å². The molecule has 1 atom stereocenters. The van der Waals surface area contributed by atoms with Crippen LogP contribution in [0.5, 0.6) is 5.75 Å². The average Bonchev–Trinajstić information content (AvgIpc) is 2.91. The van der Waals surface area contributed by atoms with Crippen LogP contribution >= 0.6 is 28.3 Å². The lowest BCUT2D eigenvalue weighted by Crippen LogP contribution is -2.38. The van der Waals surface area contributed by atoms with E-state index in [0.29, 0.717) is 16.8 Å². The highest BCUT2D eigenvalue weighted by Crippen LogP contribution is 2.29. The molecule has 0 saturated carbocycles. The molecular weight excluding hydrogens is 368 g/mol. The highest BCUT2D eigenvalue weighted by molar-refractivity contribution is 9.10. The second-order valence-electron chi connectivity index (χ2n) is 4.46. The van der Waals surface area contributed by atoms with Crippen LogP contribution in [-0.2, 0) is 10.0 Å². The zero-order valence-corrected chi connectivity index (χ0v) is 14.5. The number of nitrogens with zero attached hydrogens (tertiary/aromatic N) is 1. The maximum absolute atomic E-state index is 12.5. The largest absolute Gasteiger partial charge is 0.496 e. The molecule has 2 rings (SSSR count). The highest BCUT2D eigenvalue weighted by Gasteiger charge is 2.30. The van der Waals surface area contributed by atoms with Crippen LogP contribution < -0.4 is 10.1 Å². The van der Waals surface area contributed by atoms with E-state index in [9.17, 15) is 8.42 Å². The van der Waals surface area contributed by atoms with Gasteiger partial charge in [0.1, 0.15) is 5.75 Å². The van der Waals surface area contributed by atoms with Gasteiger partial charge in [0.25, 0.3) is 0 Å². The minimum absolute atomic E-state index is 0. The van der Waals surface area contributed by atoms with Crippen LogP contribution in [0.25, 0.3) is 0 Å². The predicted molar refractivity (Wildman–Crippen MR) is 84.2 cm³/mol. The zero-order valence-electron chi connectivity index (χ0n) is 11.3. The Morgan fingerprint density at radius 1 is 1.45 bits per heavy atom. The Labute approximate surface area is 134 Å². The molecule has 1 saturated heterocycles. The van der Waals surface area contributed by atoms with Crippen molar-refractivity contribution in [2.24, 2.45) is 0 Å². The van der Waals surface area contributed by atoms with Crippen molar-refractivity contribution in [2.45, 2.75) is 17.4 Å². The Bertz CT molecular complexity index is 562. The van der Waals surface area contributed by atoms with Gasteiger partial charge in [-0.25, -0.2) is 8.42 Å². The van der Waals surface area contributed by atoms with Crippen LogP contribution in [0.2, 0.25) is 0 Å². The Hall–Kier alpha value is -0.340. The van der Waals surface area contributed by atoms with Gasteiger partial charge >= 0.3 is 0 Å². The van der Waals surface area contributed by atoms with Gasteiger partial charge in [0.2, 0.25) is 10.0 Å². The molecule has 1 aromatic carbocycles. The number of halogens is 2. The fourth-order valence-corrected chi connectivity index (χ4v) is 4.22. The standard InChI is InChI=1S/C12H17BrN2O3S.ClH/c1-15(9-5-6-14-8-9)19(16,17)10-3-4-12(18-2)11(13)7-10;/h3-4,7,9,14H,5-6,8H2,1-2H3;1H. The lowest BCUT2D eigenvalue weighted by Gasteiger charge is -2.23. The number of benzene rings is 1. The molecule has 1 unspecified atom stereocenters. The van der Waals surface area contributed by atoms with Gasteiger partial charge in [0.15, 0.2) is 0 Å². The van der Waals surface area contributed by atoms with Gasteiger partial charge in [-0.1, -0.05) is 0 Å². The Morgan fingerprint density at radius 3 is 2.65 bits per heavy atom. The first-order chi connectivity index (χ1) is 8.96. The number of rotatable bonds is 4. The number of methoxy groups -OCH3 is 1. The quantitative estimate of drug-likeness (QED) is 0.859. The number of nitrogens with one attached hydrogen (secondary N) is 1. The molecule has 0 radical (unpaired) electrons. The van der Waals surface area contributed by atoms with E-state index >= 15 is 0 Å². The summed E-state index contributed by atoms with van der Waals surface area (Å²) in [5.74, 6) is 0.615. The van der Waals surface area contributed by atoms with Crippen molar-refractivity contribution in [1.29, 1.82) is 0 Å². The van der Waals surface area contributed by atoms with Gasteiger partial charge in [-0.05, 0) is 47.1 Å². The Morgan fingerprint density at radius 2 is 2.15 bits per heavy atom. The van der Waals surface area contributed by atoms with Crippen molar-refractivity contribution < 1.29 is 13.2 Å². The molecule has 0 bridgehead atoms. The molecule has 0 aromatic heterocycles. The van der Waals surface area contributed by atoms with E-state index in [-0.39, 0.29) is 23.3 Å². The third kappa shape index (κ3) is 3.46. The van der Waals surface area contributed by atoms with E-state index in [4.69, 9.17) is 4.74 Å². The molecule has 8 heteroatoms. The third-order valence-corrected chi connectivity index (χ3v) is 5.87. The van der Waals surface area contributed by atoms with Crippen LogP contribution in [-0.4, -0.2) is 46.0 Å². The second kappa shape index (κ2) is 7.09. The lowest BCUT2D eigenvalue weighted by molar-refractivity contribution is 0.387. The molecule has 1 fully saturated rings. The van der Waals surface area contributed by atoms with Crippen molar-refractivity contribution in [1.82, 2.24) is 9.62 Å². The van der Waals surface area contributed by atoms with Crippen LogP contribution in [0.1, 0.15) is 6.42 Å². The molecule has 1 aliphatic heterocycles. The van der Waals surface area contributed by atoms with Crippen molar-refractivity contribution in [2.75, 3.05) is 27.2 Å². The summed E-state index contributed by atoms with van der Waals surface area (Å²) in [6, 6.07) is 4.81. The van der Waals surface area contributed by atoms with Crippen molar-refractivity contribution in [3.8, 4) is 5.75 Å². The summed E-state index contributed by atoms with van der Waals surface area (Å²) < 4.78 is 32.2. The van der Waals surface area contributed by atoms with Crippen molar-refractivity contribution in [3.05, 3.63) is 22.7 Å². The fourth-order valence-electron chi connectivity index (χ4n) is 2.12. The summed E-state index contributed by atoms with van der Waals surface area (Å²) in [6.07, 6.45) is 0.840. The zero-order chi connectivity index (χ0) is 14.0. The molecule has 114 valence electrons. The normalized spacial score (nSPS) is 18.9. The molecule has 0 amide bonds. The van der Waals surface area contributed by atoms with E-state index < -0.39 is 10.0 Å². The van der Waals surface area contributed by atoms with Gasteiger partial charge in [-0.15, -0.1) is 12.4 Å². The van der Waals surface area contributed by atoms with E-state index in [1.54, 1.807) is 32.4 Å². The molecule has 1 N–H and O–H groups in total. The lowest BCUT2D eigenvalue weighted by atomic mass is 10.3. The average molecular weight is 386 g/mol. The minimum Gasteiger partial charge on any atom is -0.496 e. The first kappa shape index (κ1) is 17.7. The number of ether oxygens (including phenoxy) is 1. The fraction of sp³-hybridized carbons (Fsp3) is 0.500. The maximum atomic E-state index is 12.5. The van der Waals surface area contributed by atoms with Crippen LogP contribution in [0.3, 0.4) is 0 Å². The van der Waals surface area contributed by atoms with E-state index in [1.165, 1.54) is 4.31 Å². The summed E-state index contributed by atoms with van der Waals surface area (Å²) in [5, 5.41) is 3.17. The summed E-state index contributed by atoms with van der Waals surface area (Å²) in [5.41, 5.74) is 0. The van der Waals surface area contributed by atoms with Crippen LogP contribution in [0.4, 0.5) is 0 Å². The third-order valence-electron chi connectivity index (χ3n) is 3.35. The molecule has 1 aromatic rings. The smallest absolute Gasteiger partial charge is 0.243 e. The molecule has 0 aliphatic carbocycles. The van der Waals surface area contributed by atoms with Crippen molar-refractivity contribution in [3.63, 3.8) is 0 Å². The highest BCUT2D eigenvalue weighted by atomic mass is 79.9. The minimum atomic E-state index is -3.46. The summed E-state index contributed by atoms with van der Waals surface area (Å²) in [6.45, 7) is 1.56. The monoisotopic (exact) mass is 384 g/mol. The van der Waals surface area contributed by atoms with Gasteiger partial charge in [0.05, 0.1) is 16.5 Å². The van der Waals surface area contributed by atoms with Crippen LogP contribution in [0, 0.1) is 0 Å². The second-order valence-corrected chi connectivity index (χ2v) is 7.32. The van der Waals surface area contributed by atoms with Gasteiger partial charge < -0.3 is 10.1 Å².